The molecule has 28 nitrogen and oxygen atoms in total. The quantitative estimate of drug-likeness (QED) is 0.0218. The summed E-state index contributed by atoms with van der Waals surface area (Å²) in [6, 6.07) is -11.4. The lowest BCUT2D eigenvalue weighted by Gasteiger charge is -2.32. The standard InChI is InChI=1S/C36H59N13O15/c1-17(43-29(57)18(37)15-50)28(56)42-14-26(53)44-20(5-2-10-41-36(39)40)33(61)48-11-3-7-24(48)32(60)46-21(13-27(54)55)34(62)49-12-4-6-23(49)31(59)45-19(8-9-25(38)52)30(58)47-22(16-51)35(63)64/h17-24,50-51H,2-16,37H2,1H3,(H2,38,52)(H,42,56)(H,43,57)(H,44,53)(H,45,59)(H,46,60)(H,47,58)(H,54,55)(H,63,64)(H4,39,40,41)/t17-,18-,19-,20-,21-,22-,23-,24-/m0/s1. The third kappa shape index (κ3) is 16.9. The highest BCUT2D eigenvalue weighted by Gasteiger charge is 2.43. The molecule has 2 heterocycles. The Morgan fingerprint density at radius 1 is 0.688 bits per heavy atom. The zero-order chi connectivity index (χ0) is 48.3. The molecule has 0 bridgehead atoms. The minimum absolute atomic E-state index is 0.00302. The van der Waals surface area contributed by atoms with Gasteiger partial charge in [0.2, 0.25) is 53.2 Å². The van der Waals surface area contributed by atoms with Gasteiger partial charge in [0.15, 0.2) is 5.96 Å². The van der Waals surface area contributed by atoms with Crippen LogP contribution in [0.3, 0.4) is 0 Å². The van der Waals surface area contributed by atoms with Crippen LogP contribution in [0.2, 0.25) is 0 Å². The molecule has 2 aliphatic rings. The van der Waals surface area contributed by atoms with Crippen LogP contribution in [0.5, 0.6) is 0 Å². The number of likely N-dealkylation sites (tertiary alicyclic amines) is 2. The van der Waals surface area contributed by atoms with Gasteiger partial charge in [-0.15, -0.1) is 0 Å². The van der Waals surface area contributed by atoms with Gasteiger partial charge in [-0.05, 0) is 51.9 Å². The van der Waals surface area contributed by atoms with Gasteiger partial charge in [0.05, 0.1) is 26.2 Å². The number of aliphatic hydroxyl groups excluding tert-OH is 2. The summed E-state index contributed by atoms with van der Waals surface area (Å²) < 4.78 is 0. The molecule has 0 saturated carbocycles. The second-order valence-corrected chi connectivity index (χ2v) is 15.0. The fourth-order valence-electron chi connectivity index (χ4n) is 6.73. The van der Waals surface area contributed by atoms with Crippen molar-refractivity contribution >= 4 is 71.1 Å². The number of hydrogen-bond acceptors (Lipinski definition) is 15. The number of aliphatic imine (C=N–C) groups is 1. The molecule has 2 rings (SSSR count). The summed E-state index contributed by atoms with van der Waals surface area (Å²) in [6.07, 6.45) is -1.10. The van der Waals surface area contributed by atoms with Crippen molar-refractivity contribution in [2.24, 2.45) is 27.9 Å². The van der Waals surface area contributed by atoms with Crippen molar-refractivity contribution in [1.29, 1.82) is 0 Å². The molecule has 0 aromatic heterocycles. The second-order valence-electron chi connectivity index (χ2n) is 15.0. The van der Waals surface area contributed by atoms with E-state index in [0.717, 1.165) is 9.80 Å². The molecule has 18 N–H and O–H groups in total. The average molecular weight is 914 g/mol. The Bertz CT molecular complexity index is 1780. The number of amides is 9. The molecule has 0 aliphatic carbocycles. The molecule has 2 aliphatic heterocycles. The van der Waals surface area contributed by atoms with E-state index in [-0.39, 0.29) is 70.5 Å². The predicted molar refractivity (Wildman–Crippen MR) is 218 cm³/mol. The Balaban J connectivity index is 2.25. The zero-order valence-corrected chi connectivity index (χ0v) is 35.2. The number of nitrogens with one attached hydrogen (secondary N) is 6. The van der Waals surface area contributed by atoms with Gasteiger partial charge in [-0.3, -0.25) is 52.9 Å². The normalized spacial score (nSPS) is 18.4. The van der Waals surface area contributed by atoms with Crippen molar-refractivity contribution in [3.05, 3.63) is 0 Å². The summed E-state index contributed by atoms with van der Waals surface area (Å²) in [7, 11) is 0. The summed E-state index contributed by atoms with van der Waals surface area (Å²) in [5, 5.41) is 51.2. The van der Waals surface area contributed by atoms with Gasteiger partial charge < -0.3 is 85.1 Å². The predicted octanol–water partition coefficient (Wildman–Crippen LogP) is -8.28. The average Bonchev–Trinajstić information content (AvgIpc) is 3.94. The van der Waals surface area contributed by atoms with Crippen molar-refractivity contribution in [2.75, 3.05) is 39.4 Å². The third-order valence-electron chi connectivity index (χ3n) is 10.1. The Hall–Kier alpha value is -6.68. The van der Waals surface area contributed by atoms with Crippen molar-refractivity contribution in [3.63, 3.8) is 0 Å². The molecule has 2 fully saturated rings. The maximum Gasteiger partial charge on any atom is 0.328 e. The van der Waals surface area contributed by atoms with Crippen LogP contribution in [0.4, 0.5) is 0 Å². The van der Waals surface area contributed by atoms with E-state index in [1.807, 2.05) is 5.32 Å². The lowest BCUT2D eigenvalue weighted by atomic mass is 10.1. The largest absolute Gasteiger partial charge is 0.481 e. The van der Waals surface area contributed by atoms with Crippen molar-refractivity contribution in [1.82, 2.24) is 41.7 Å². The minimum Gasteiger partial charge on any atom is -0.481 e. The van der Waals surface area contributed by atoms with E-state index in [1.165, 1.54) is 6.92 Å². The smallest absolute Gasteiger partial charge is 0.328 e. The second kappa shape index (κ2) is 26.1. The van der Waals surface area contributed by atoms with Crippen molar-refractivity contribution < 1.29 is 73.2 Å². The number of nitrogens with zero attached hydrogens (tertiary/aromatic N) is 3. The zero-order valence-electron chi connectivity index (χ0n) is 35.2. The number of carbonyl (C=O) groups excluding carboxylic acids is 9. The topological polar surface area (TPSA) is 464 Å². The maximum atomic E-state index is 14.0. The molecule has 0 radical (unpaired) electrons. The van der Waals surface area contributed by atoms with Crippen LogP contribution >= 0.6 is 0 Å². The number of carboxylic acids is 2. The molecule has 9 amide bonds. The van der Waals surface area contributed by atoms with Crippen LogP contribution in [0.1, 0.15) is 64.7 Å². The van der Waals surface area contributed by atoms with Gasteiger partial charge in [0.25, 0.3) is 0 Å². The van der Waals surface area contributed by atoms with Crippen molar-refractivity contribution in [2.45, 2.75) is 113 Å². The Kier molecular flexibility index (Phi) is 21.8. The number of aliphatic hydroxyl groups is 2. The summed E-state index contributed by atoms with van der Waals surface area (Å²) in [5.41, 5.74) is 21.4. The number of rotatable bonds is 26. The van der Waals surface area contributed by atoms with Gasteiger partial charge in [0, 0.05) is 26.1 Å². The molecule has 358 valence electrons. The third-order valence-corrected chi connectivity index (χ3v) is 10.1. The number of guanidine groups is 1. The summed E-state index contributed by atoms with van der Waals surface area (Å²) in [5.74, 6) is -11.4. The van der Waals surface area contributed by atoms with Crippen LogP contribution in [-0.2, 0) is 52.7 Å². The molecule has 8 atom stereocenters. The van der Waals surface area contributed by atoms with Gasteiger partial charge in [-0.25, -0.2) is 4.79 Å². The van der Waals surface area contributed by atoms with E-state index in [0.29, 0.717) is 0 Å². The molecule has 0 spiro atoms. The van der Waals surface area contributed by atoms with Crippen LogP contribution in [0, 0.1) is 0 Å². The van der Waals surface area contributed by atoms with Crippen LogP contribution in [-0.4, -0.2) is 189 Å². The highest BCUT2D eigenvalue weighted by atomic mass is 16.4. The number of primary amides is 1. The number of aliphatic carboxylic acids is 2. The fourth-order valence-corrected chi connectivity index (χ4v) is 6.73. The van der Waals surface area contributed by atoms with Crippen molar-refractivity contribution in [3.8, 4) is 0 Å². The van der Waals surface area contributed by atoms with E-state index in [9.17, 15) is 68.1 Å². The lowest BCUT2D eigenvalue weighted by molar-refractivity contribution is -0.147. The van der Waals surface area contributed by atoms with E-state index in [2.05, 4.69) is 31.6 Å². The summed E-state index contributed by atoms with van der Waals surface area (Å²) >= 11 is 0. The first-order valence-electron chi connectivity index (χ1n) is 20.3. The van der Waals surface area contributed by atoms with E-state index in [4.69, 9.17) is 28.0 Å². The molecule has 28 heteroatoms. The summed E-state index contributed by atoms with van der Waals surface area (Å²) in [6.45, 7) is -1.08. The molecule has 0 unspecified atom stereocenters. The molecule has 0 aromatic rings. The van der Waals surface area contributed by atoms with E-state index < -0.39 is 146 Å². The van der Waals surface area contributed by atoms with E-state index >= 15 is 0 Å². The Labute approximate surface area is 366 Å². The summed E-state index contributed by atoms with van der Waals surface area (Å²) in [4.78, 5) is 147. The van der Waals surface area contributed by atoms with E-state index in [1.54, 1.807) is 0 Å². The highest BCUT2D eigenvalue weighted by molar-refractivity contribution is 5.99. The van der Waals surface area contributed by atoms with Gasteiger partial charge in [0.1, 0.15) is 48.3 Å². The molecule has 0 aromatic carbocycles. The Morgan fingerprint density at radius 2 is 1.25 bits per heavy atom. The monoisotopic (exact) mass is 913 g/mol. The Morgan fingerprint density at radius 3 is 1.75 bits per heavy atom. The van der Waals surface area contributed by atoms with Gasteiger partial charge in [-0.1, -0.05) is 0 Å². The molecular formula is C36H59N13O15. The van der Waals surface area contributed by atoms with Gasteiger partial charge >= 0.3 is 11.9 Å². The maximum absolute atomic E-state index is 14.0. The van der Waals surface area contributed by atoms with Crippen LogP contribution in [0.25, 0.3) is 0 Å². The first kappa shape index (κ1) is 53.5. The first-order chi connectivity index (χ1) is 30.1. The fraction of sp³-hybridized carbons (Fsp3) is 0.667. The lowest BCUT2D eigenvalue weighted by Crippen LogP contribution is -2.59. The first-order valence-corrected chi connectivity index (χ1v) is 20.3. The molecule has 64 heavy (non-hydrogen) atoms. The number of hydrogen-bond donors (Lipinski definition) is 14. The molecule has 2 saturated heterocycles. The number of carbonyl (C=O) groups is 11. The molecular weight excluding hydrogens is 854 g/mol. The van der Waals surface area contributed by atoms with Crippen LogP contribution in [0.15, 0.2) is 4.99 Å². The minimum atomic E-state index is -1.77. The number of carboxylic acid groups (broad SMARTS) is 2. The van der Waals surface area contributed by atoms with Crippen LogP contribution < -0.4 is 54.8 Å². The SMILES string of the molecule is C[C@H](NC(=O)[C@@H](N)CO)C(=O)NCC(=O)N[C@@H](CCCN=C(N)N)C(=O)N1CCC[C@H]1C(=O)N[C@@H](CC(=O)O)C(=O)N1CCC[C@H]1C(=O)N[C@@H](CCC(N)=O)C(=O)N[C@@H](CO)C(=O)O. The highest BCUT2D eigenvalue weighted by Crippen LogP contribution is 2.23. The van der Waals surface area contributed by atoms with Gasteiger partial charge in [-0.2, -0.15) is 0 Å². The number of nitrogens with two attached hydrogens (primary N) is 4.